The van der Waals surface area contributed by atoms with Crippen LogP contribution in [0.1, 0.15) is 23.4 Å². The van der Waals surface area contributed by atoms with Gasteiger partial charge in [0.2, 0.25) is 0 Å². The summed E-state index contributed by atoms with van der Waals surface area (Å²) in [5, 5.41) is 10.2. The number of hydrogen-bond acceptors (Lipinski definition) is 5. The van der Waals surface area contributed by atoms with Gasteiger partial charge in [-0.1, -0.05) is 11.3 Å². The Hall–Kier alpha value is -0.650. The molecule has 0 unspecified atom stereocenters. The molecule has 0 atom stereocenters. The molecule has 1 saturated heterocycles. The van der Waals surface area contributed by atoms with E-state index < -0.39 is 0 Å². The summed E-state index contributed by atoms with van der Waals surface area (Å²) in [7, 11) is 2.08. The fourth-order valence-electron chi connectivity index (χ4n) is 1.94. The Bertz CT molecular complexity index is 348. The third-order valence-corrected chi connectivity index (χ3v) is 4.30. The Labute approximate surface area is 99.9 Å². The van der Waals surface area contributed by atoms with E-state index in [0.717, 1.165) is 41.8 Å². The lowest BCUT2D eigenvalue weighted by Crippen LogP contribution is -2.36. The van der Waals surface area contributed by atoms with Crippen molar-refractivity contribution < 1.29 is 9.84 Å². The van der Waals surface area contributed by atoms with E-state index in [0.29, 0.717) is 6.04 Å². The van der Waals surface area contributed by atoms with E-state index in [9.17, 15) is 0 Å². The lowest BCUT2D eigenvalue weighted by atomic mass is 10.1. The standard InChI is InChI=1S/C11H18N2O2S/c1-8-10(7-14)16-11(12-8)13(2)9-3-5-15-6-4-9/h9,14H,3-7H2,1-2H3. The Kier molecular flexibility index (Phi) is 3.78. The third-order valence-electron chi connectivity index (χ3n) is 3.07. The first-order chi connectivity index (χ1) is 7.72. The van der Waals surface area contributed by atoms with Gasteiger partial charge < -0.3 is 14.7 Å². The summed E-state index contributed by atoms with van der Waals surface area (Å²) in [6, 6.07) is 0.519. The zero-order valence-electron chi connectivity index (χ0n) is 9.77. The number of aliphatic hydroxyl groups excluding tert-OH is 1. The largest absolute Gasteiger partial charge is 0.391 e. The van der Waals surface area contributed by atoms with Crippen molar-refractivity contribution in [3.8, 4) is 0 Å². The van der Waals surface area contributed by atoms with Crippen molar-refractivity contribution in [1.82, 2.24) is 4.98 Å². The molecule has 1 fully saturated rings. The minimum atomic E-state index is 0.0884. The van der Waals surface area contributed by atoms with Gasteiger partial charge in [0.25, 0.3) is 0 Å². The van der Waals surface area contributed by atoms with Gasteiger partial charge in [0.05, 0.1) is 17.2 Å². The van der Waals surface area contributed by atoms with Gasteiger partial charge in [-0.25, -0.2) is 4.98 Å². The van der Waals surface area contributed by atoms with Crippen LogP contribution < -0.4 is 4.90 Å². The van der Waals surface area contributed by atoms with E-state index in [1.165, 1.54) is 0 Å². The third kappa shape index (κ3) is 2.36. The van der Waals surface area contributed by atoms with Gasteiger partial charge in [-0.15, -0.1) is 0 Å². The summed E-state index contributed by atoms with van der Waals surface area (Å²) in [6.07, 6.45) is 2.12. The molecule has 0 bridgehead atoms. The van der Waals surface area contributed by atoms with E-state index in [1.54, 1.807) is 11.3 Å². The van der Waals surface area contributed by atoms with Crippen molar-refractivity contribution >= 4 is 16.5 Å². The van der Waals surface area contributed by atoms with Crippen LogP contribution in [0.4, 0.5) is 5.13 Å². The lowest BCUT2D eigenvalue weighted by Gasteiger charge is -2.30. The van der Waals surface area contributed by atoms with E-state index >= 15 is 0 Å². The van der Waals surface area contributed by atoms with Gasteiger partial charge in [0, 0.05) is 26.3 Å². The maximum atomic E-state index is 9.16. The van der Waals surface area contributed by atoms with Crippen LogP contribution in [0, 0.1) is 6.92 Å². The van der Waals surface area contributed by atoms with Crippen LogP contribution in [0.5, 0.6) is 0 Å². The number of rotatable bonds is 3. The number of aromatic nitrogens is 1. The van der Waals surface area contributed by atoms with Crippen LogP contribution in [0.3, 0.4) is 0 Å². The van der Waals surface area contributed by atoms with Crippen LogP contribution in [-0.2, 0) is 11.3 Å². The number of thiazole rings is 1. The molecule has 1 aliphatic heterocycles. The van der Waals surface area contributed by atoms with Crippen LogP contribution in [0.15, 0.2) is 0 Å². The van der Waals surface area contributed by atoms with Crippen molar-refractivity contribution in [2.24, 2.45) is 0 Å². The zero-order chi connectivity index (χ0) is 11.5. The van der Waals surface area contributed by atoms with Crippen LogP contribution in [-0.4, -0.2) is 36.4 Å². The number of aliphatic hydroxyl groups is 1. The molecule has 2 rings (SSSR count). The normalized spacial score (nSPS) is 17.7. The van der Waals surface area contributed by atoms with Gasteiger partial charge in [0.15, 0.2) is 5.13 Å². The quantitative estimate of drug-likeness (QED) is 0.873. The summed E-state index contributed by atoms with van der Waals surface area (Å²) in [6.45, 7) is 3.72. The molecule has 0 aromatic carbocycles. The number of aryl methyl sites for hydroxylation is 1. The smallest absolute Gasteiger partial charge is 0.185 e. The maximum Gasteiger partial charge on any atom is 0.185 e. The summed E-state index contributed by atoms with van der Waals surface area (Å²) >= 11 is 1.59. The van der Waals surface area contributed by atoms with Crippen LogP contribution >= 0.6 is 11.3 Å². The highest BCUT2D eigenvalue weighted by Crippen LogP contribution is 2.28. The highest BCUT2D eigenvalue weighted by Gasteiger charge is 2.21. The number of ether oxygens (including phenoxy) is 1. The topological polar surface area (TPSA) is 45.6 Å². The Morgan fingerprint density at radius 3 is 2.75 bits per heavy atom. The zero-order valence-corrected chi connectivity index (χ0v) is 10.6. The molecule has 16 heavy (non-hydrogen) atoms. The van der Waals surface area contributed by atoms with Crippen molar-refractivity contribution in [3.63, 3.8) is 0 Å². The van der Waals surface area contributed by atoms with Crippen LogP contribution in [0.25, 0.3) is 0 Å². The molecule has 0 spiro atoms. The van der Waals surface area contributed by atoms with E-state index in [4.69, 9.17) is 9.84 Å². The van der Waals surface area contributed by atoms with Gasteiger partial charge in [-0.05, 0) is 19.8 Å². The Morgan fingerprint density at radius 2 is 2.19 bits per heavy atom. The molecule has 0 aliphatic carbocycles. The second-order valence-electron chi connectivity index (χ2n) is 4.12. The van der Waals surface area contributed by atoms with Gasteiger partial charge in [-0.3, -0.25) is 0 Å². The van der Waals surface area contributed by atoms with Crippen molar-refractivity contribution in [2.45, 2.75) is 32.4 Å². The van der Waals surface area contributed by atoms with Crippen molar-refractivity contribution in [1.29, 1.82) is 0 Å². The summed E-state index contributed by atoms with van der Waals surface area (Å²) in [5.74, 6) is 0. The average molecular weight is 242 g/mol. The molecule has 0 amide bonds. The highest BCUT2D eigenvalue weighted by molar-refractivity contribution is 7.15. The molecule has 2 heterocycles. The summed E-state index contributed by atoms with van der Waals surface area (Å²) in [4.78, 5) is 7.69. The Morgan fingerprint density at radius 1 is 1.50 bits per heavy atom. The van der Waals surface area contributed by atoms with Crippen molar-refractivity contribution in [2.75, 3.05) is 25.2 Å². The molecular weight excluding hydrogens is 224 g/mol. The molecule has 0 radical (unpaired) electrons. The van der Waals surface area contributed by atoms with Crippen molar-refractivity contribution in [3.05, 3.63) is 10.6 Å². The number of hydrogen-bond donors (Lipinski definition) is 1. The molecule has 1 aliphatic rings. The molecule has 1 aromatic rings. The average Bonchev–Trinajstić information content (AvgIpc) is 2.71. The SMILES string of the molecule is Cc1nc(N(C)C2CCOCC2)sc1CO. The molecule has 1 aromatic heterocycles. The van der Waals surface area contributed by atoms with E-state index in [2.05, 4.69) is 16.9 Å². The monoisotopic (exact) mass is 242 g/mol. The minimum Gasteiger partial charge on any atom is -0.391 e. The second-order valence-corrected chi connectivity index (χ2v) is 5.18. The molecule has 1 N–H and O–H groups in total. The summed E-state index contributed by atoms with van der Waals surface area (Å²) in [5.41, 5.74) is 0.946. The summed E-state index contributed by atoms with van der Waals surface area (Å²) < 4.78 is 5.35. The molecule has 0 saturated carbocycles. The predicted octanol–water partition coefficient (Wildman–Crippen LogP) is 1.56. The molecule has 4 nitrogen and oxygen atoms in total. The minimum absolute atomic E-state index is 0.0884. The molecular formula is C11H18N2O2S. The molecule has 5 heteroatoms. The van der Waals surface area contributed by atoms with Gasteiger partial charge in [0.1, 0.15) is 0 Å². The Balaban J connectivity index is 2.09. The van der Waals surface area contributed by atoms with Gasteiger partial charge >= 0.3 is 0 Å². The second kappa shape index (κ2) is 5.12. The predicted molar refractivity (Wildman–Crippen MR) is 65.0 cm³/mol. The first kappa shape index (κ1) is 11.8. The van der Waals surface area contributed by atoms with Gasteiger partial charge in [-0.2, -0.15) is 0 Å². The fraction of sp³-hybridized carbons (Fsp3) is 0.727. The lowest BCUT2D eigenvalue weighted by molar-refractivity contribution is 0.0855. The first-order valence-corrected chi connectivity index (χ1v) is 6.41. The van der Waals surface area contributed by atoms with E-state index in [-0.39, 0.29) is 6.61 Å². The van der Waals surface area contributed by atoms with E-state index in [1.807, 2.05) is 6.92 Å². The maximum absolute atomic E-state index is 9.16. The molecule has 90 valence electrons. The first-order valence-electron chi connectivity index (χ1n) is 5.60. The number of nitrogens with zero attached hydrogens (tertiary/aromatic N) is 2. The van der Waals surface area contributed by atoms with Crippen LogP contribution in [0.2, 0.25) is 0 Å². The number of anilines is 1. The highest BCUT2D eigenvalue weighted by atomic mass is 32.1. The fourth-order valence-corrected chi connectivity index (χ4v) is 2.89.